The second-order valence-corrected chi connectivity index (χ2v) is 13.5. The number of carbonyl (C=O) groups is 3. The molecule has 0 aromatic heterocycles. The van der Waals surface area contributed by atoms with Crippen molar-refractivity contribution in [1.29, 1.82) is 0 Å². The molecule has 2 fully saturated rings. The second kappa shape index (κ2) is 15.1. The smallest absolute Gasteiger partial charge is 0.248 e. The molecule has 2 heterocycles. The van der Waals surface area contributed by atoms with Crippen molar-refractivity contribution < 1.29 is 19.1 Å². The number of ether oxygens (including phenoxy) is 1. The third-order valence-corrected chi connectivity index (χ3v) is 8.44. The number of nitrogens with zero attached hydrogens (tertiary/aromatic N) is 4. The van der Waals surface area contributed by atoms with Gasteiger partial charge in [0.05, 0.1) is 5.92 Å². The molecule has 2 aromatic carbocycles. The lowest BCUT2D eigenvalue weighted by atomic mass is 9.94. The molecule has 1 atom stereocenters. The first kappa shape index (κ1) is 34.4. The van der Waals surface area contributed by atoms with Gasteiger partial charge in [-0.15, -0.1) is 0 Å². The van der Waals surface area contributed by atoms with Crippen molar-refractivity contribution in [2.45, 2.75) is 65.5 Å². The van der Waals surface area contributed by atoms with Crippen molar-refractivity contribution in [1.82, 2.24) is 19.6 Å². The maximum absolute atomic E-state index is 13.0. The lowest BCUT2D eigenvalue weighted by molar-refractivity contribution is -0.137. The van der Waals surface area contributed by atoms with Crippen molar-refractivity contribution in [2.75, 3.05) is 66.1 Å². The SMILES string of the molecule is CC(C(=O)N1CCN(C(C)(C)C)CC1)c1cccc(C(=O)c2ccccc2)c1.COCC(=O)N1CCN(C(C)(C)C)CC1. The fourth-order valence-corrected chi connectivity index (χ4v) is 5.56. The van der Waals surface area contributed by atoms with Crippen LogP contribution < -0.4 is 0 Å². The van der Waals surface area contributed by atoms with E-state index in [1.165, 1.54) is 0 Å². The largest absolute Gasteiger partial charge is 0.375 e. The van der Waals surface area contributed by atoms with Gasteiger partial charge in [-0.25, -0.2) is 0 Å². The van der Waals surface area contributed by atoms with E-state index in [0.29, 0.717) is 11.1 Å². The van der Waals surface area contributed by atoms with Gasteiger partial charge in [0, 0.05) is 81.7 Å². The van der Waals surface area contributed by atoms with Gasteiger partial charge in [-0.1, -0.05) is 48.5 Å². The van der Waals surface area contributed by atoms with Gasteiger partial charge in [0.15, 0.2) is 5.78 Å². The molecule has 43 heavy (non-hydrogen) atoms. The molecule has 0 aliphatic carbocycles. The first-order valence-electron chi connectivity index (χ1n) is 15.5. The minimum Gasteiger partial charge on any atom is -0.375 e. The van der Waals surface area contributed by atoms with Crippen molar-refractivity contribution in [2.24, 2.45) is 0 Å². The highest BCUT2D eigenvalue weighted by atomic mass is 16.5. The summed E-state index contributed by atoms with van der Waals surface area (Å²) in [5.74, 6) is -0.0328. The van der Waals surface area contributed by atoms with Gasteiger partial charge in [0.1, 0.15) is 6.61 Å². The van der Waals surface area contributed by atoms with Crippen LogP contribution in [-0.4, -0.2) is 114 Å². The van der Waals surface area contributed by atoms with Crippen molar-refractivity contribution >= 4 is 17.6 Å². The van der Waals surface area contributed by atoms with Crippen LogP contribution in [0.25, 0.3) is 0 Å². The van der Waals surface area contributed by atoms with Crippen LogP contribution in [0, 0.1) is 0 Å². The summed E-state index contributed by atoms with van der Waals surface area (Å²) in [5.41, 5.74) is 2.52. The summed E-state index contributed by atoms with van der Waals surface area (Å²) < 4.78 is 4.85. The normalized spacial score (nSPS) is 17.6. The van der Waals surface area contributed by atoms with Crippen LogP contribution in [0.4, 0.5) is 0 Å². The van der Waals surface area contributed by atoms with Gasteiger partial charge in [0.2, 0.25) is 11.8 Å². The van der Waals surface area contributed by atoms with Crippen molar-refractivity contribution in [3.05, 3.63) is 71.3 Å². The van der Waals surface area contributed by atoms with E-state index in [-0.39, 0.29) is 41.2 Å². The molecule has 0 spiro atoms. The molecule has 2 saturated heterocycles. The molecule has 2 aliphatic rings. The Balaban J connectivity index is 0.000000285. The van der Waals surface area contributed by atoms with Crippen LogP contribution >= 0.6 is 0 Å². The van der Waals surface area contributed by atoms with Gasteiger partial charge in [-0.3, -0.25) is 24.2 Å². The van der Waals surface area contributed by atoms with E-state index in [1.807, 2.05) is 71.3 Å². The number of piperazine rings is 2. The first-order chi connectivity index (χ1) is 20.2. The molecular formula is C35H52N4O4. The van der Waals surface area contributed by atoms with Gasteiger partial charge in [-0.2, -0.15) is 0 Å². The topological polar surface area (TPSA) is 73.4 Å². The number of rotatable bonds is 6. The molecule has 4 rings (SSSR count). The molecule has 0 radical (unpaired) electrons. The maximum Gasteiger partial charge on any atom is 0.248 e. The monoisotopic (exact) mass is 592 g/mol. The molecule has 0 bridgehead atoms. The molecule has 0 saturated carbocycles. The summed E-state index contributed by atoms with van der Waals surface area (Å²) in [5, 5.41) is 0. The van der Waals surface area contributed by atoms with Crippen LogP contribution in [-0.2, 0) is 14.3 Å². The Kier molecular flexibility index (Phi) is 12.1. The quantitative estimate of drug-likeness (QED) is 0.459. The van der Waals surface area contributed by atoms with Gasteiger partial charge in [0.25, 0.3) is 0 Å². The van der Waals surface area contributed by atoms with E-state index >= 15 is 0 Å². The Morgan fingerprint density at radius 3 is 1.67 bits per heavy atom. The van der Waals surface area contributed by atoms with Crippen LogP contribution in [0.2, 0.25) is 0 Å². The zero-order chi connectivity index (χ0) is 31.8. The lowest BCUT2D eigenvalue weighted by Crippen LogP contribution is -2.55. The summed E-state index contributed by atoms with van der Waals surface area (Å²) in [4.78, 5) is 45.9. The van der Waals surface area contributed by atoms with E-state index in [1.54, 1.807) is 7.11 Å². The molecule has 2 aliphatic heterocycles. The highest BCUT2D eigenvalue weighted by Gasteiger charge is 2.30. The average Bonchev–Trinajstić information content (AvgIpc) is 3.00. The summed E-state index contributed by atoms with van der Waals surface area (Å²) in [7, 11) is 1.56. The Bertz CT molecular complexity index is 1200. The third-order valence-electron chi connectivity index (χ3n) is 8.44. The lowest BCUT2D eigenvalue weighted by Gasteiger charge is -2.42. The summed E-state index contributed by atoms with van der Waals surface area (Å²) >= 11 is 0. The zero-order valence-corrected chi connectivity index (χ0v) is 27.6. The average molecular weight is 593 g/mol. The standard InChI is InChI=1S/C24H30N2O2.C11H22N2O2/c1-18(23(28)25-13-15-26(16-14-25)24(2,3)4)20-11-8-12-21(17-20)22(27)19-9-6-5-7-10-19;1-11(2,3)13-7-5-12(6-8-13)10(14)9-15-4/h5-12,17-18H,13-16H2,1-4H3;5-9H2,1-4H3. The Hall–Kier alpha value is -3.07. The minimum absolute atomic E-state index is 0.0131. The number of methoxy groups -OCH3 is 1. The fraction of sp³-hybridized carbons (Fsp3) is 0.571. The Labute approximate surface area is 259 Å². The van der Waals surface area contributed by atoms with Gasteiger partial charge < -0.3 is 14.5 Å². The number of amides is 2. The van der Waals surface area contributed by atoms with E-state index in [4.69, 9.17) is 4.74 Å². The molecule has 236 valence electrons. The summed E-state index contributed by atoms with van der Waals surface area (Å²) in [6, 6.07) is 16.7. The van der Waals surface area contributed by atoms with Crippen molar-refractivity contribution in [3.8, 4) is 0 Å². The predicted molar refractivity (Wildman–Crippen MR) is 172 cm³/mol. The Morgan fingerprint density at radius 1 is 0.698 bits per heavy atom. The van der Waals surface area contributed by atoms with Gasteiger partial charge >= 0.3 is 0 Å². The van der Waals surface area contributed by atoms with E-state index in [2.05, 4.69) is 51.3 Å². The number of hydrogen-bond acceptors (Lipinski definition) is 6. The summed E-state index contributed by atoms with van der Waals surface area (Å²) in [6.07, 6.45) is 0. The van der Waals surface area contributed by atoms with Crippen LogP contribution in [0.5, 0.6) is 0 Å². The molecule has 0 N–H and O–H groups in total. The van der Waals surface area contributed by atoms with Crippen LogP contribution in [0.1, 0.15) is 75.9 Å². The van der Waals surface area contributed by atoms with Crippen molar-refractivity contribution in [3.63, 3.8) is 0 Å². The second-order valence-electron chi connectivity index (χ2n) is 13.5. The van der Waals surface area contributed by atoms with Gasteiger partial charge in [-0.05, 0) is 60.1 Å². The number of benzene rings is 2. The predicted octanol–water partition coefficient (Wildman–Crippen LogP) is 4.54. The van der Waals surface area contributed by atoms with Crippen LogP contribution in [0.15, 0.2) is 54.6 Å². The number of ketones is 1. The van der Waals surface area contributed by atoms with Crippen LogP contribution in [0.3, 0.4) is 0 Å². The molecule has 8 heteroatoms. The highest BCUT2D eigenvalue weighted by molar-refractivity contribution is 6.09. The highest BCUT2D eigenvalue weighted by Crippen LogP contribution is 2.23. The summed E-state index contributed by atoms with van der Waals surface area (Å²) in [6.45, 7) is 22.2. The molecule has 2 aromatic rings. The first-order valence-corrected chi connectivity index (χ1v) is 15.5. The number of hydrogen-bond donors (Lipinski definition) is 0. The molecule has 1 unspecified atom stereocenters. The van der Waals surface area contributed by atoms with E-state index in [9.17, 15) is 14.4 Å². The molecule has 2 amide bonds. The molecular weight excluding hydrogens is 540 g/mol. The fourth-order valence-electron chi connectivity index (χ4n) is 5.56. The maximum atomic E-state index is 13.0. The van der Waals surface area contributed by atoms with E-state index in [0.717, 1.165) is 57.9 Å². The third kappa shape index (κ3) is 9.71. The van der Waals surface area contributed by atoms with E-state index < -0.39 is 0 Å². The molecule has 8 nitrogen and oxygen atoms in total. The Morgan fingerprint density at radius 2 is 1.19 bits per heavy atom. The number of carbonyl (C=O) groups excluding carboxylic acids is 3. The minimum atomic E-state index is -0.260. The zero-order valence-electron chi connectivity index (χ0n) is 27.6.